The van der Waals surface area contributed by atoms with Crippen LogP contribution in [0.15, 0.2) is 24.3 Å². The van der Waals surface area contributed by atoms with E-state index in [4.69, 9.17) is 5.11 Å². The fraction of sp³-hybridized carbons (Fsp3) is 0.429. The number of halogens is 3. The molecule has 1 aromatic rings. The standard InChI is InChI=1S/C14H15F3N2O4/c15-14(16,17)8-23-10-3-1-2-9(6-10)12(20)19-5-4-18-11(7-19)13(21)22/h1-3,6,11,18H,4-5,7-8H2,(H,21,22)/t11-/m0/s1. The number of nitrogens with one attached hydrogen (secondary N) is 1. The van der Waals surface area contributed by atoms with E-state index in [1.165, 1.54) is 29.2 Å². The van der Waals surface area contributed by atoms with Crippen LogP contribution in [-0.2, 0) is 4.79 Å². The van der Waals surface area contributed by atoms with Gasteiger partial charge in [-0.15, -0.1) is 0 Å². The summed E-state index contributed by atoms with van der Waals surface area (Å²) in [4.78, 5) is 24.7. The van der Waals surface area contributed by atoms with Crippen molar-refractivity contribution in [1.29, 1.82) is 0 Å². The molecule has 1 atom stereocenters. The molecule has 1 aliphatic rings. The SMILES string of the molecule is O=C(O)[C@@H]1CN(C(=O)c2cccc(OCC(F)(F)F)c2)CCN1. The smallest absolute Gasteiger partial charge is 0.422 e. The van der Waals surface area contributed by atoms with E-state index in [2.05, 4.69) is 10.1 Å². The number of ether oxygens (including phenoxy) is 1. The van der Waals surface area contributed by atoms with Gasteiger partial charge in [-0.25, -0.2) is 0 Å². The maximum Gasteiger partial charge on any atom is 0.422 e. The minimum Gasteiger partial charge on any atom is -0.484 e. The van der Waals surface area contributed by atoms with Gasteiger partial charge >= 0.3 is 12.1 Å². The Balaban J connectivity index is 2.06. The number of nitrogens with zero attached hydrogens (tertiary/aromatic N) is 1. The summed E-state index contributed by atoms with van der Waals surface area (Å²) in [7, 11) is 0. The lowest BCUT2D eigenvalue weighted by atomic mass is 10.1. The molecule has 23 heavy (non-hydrogen) atoms. The van der Waals surface area contributed by atoms with Crippen LogP contribution in [0.4, 0.5) is 13.2 Å². The summed E-state index contributed by atoms with van der Waals surface area (Å²) in [5.74, 6) is -1.59. The van der Waals surface area contributed by atoms with Crippen LogP contribution in [0.2, 0.25) is 0 Å². The Labute approximate surface area is 129 Å². The third-order valence-corrected chi connectivity index (χ3v) is 3.24. The topological polar surface area (TPSA) is 78.9 Å². The molecule has 6 nitrogen and oxygen atoms in total. The van der Waals surface area contributed by atoms with Gasteiger partial charge in [0.25, 0.3) is 5.91 Å². The summed E-state index contributed by atoms with van der Waals surface area (Å²) >= 11 is 0. The molecular formula is C14H15F3N2O4. The van der Waals surface area contributed by atoms with Crippen molar-refractivity contribution in [3.8, 4) is 5.75 Å². The minimum absolute atomic E-state index is 0.0121. The summed E-state index contributed by atoms with van der Waals surface area (Å²) in [6.07, 6.45) is -4.47. The first-order chi connectivity index (χ1) is 10.8. The van der Waals surface area contributed by atoms with E-state index < -0.39 is 30.7 Å². The van der Waals surface area contributed by atoms with Gasteiger partial charge in [-0.3, -0.25) is 9.59 Å². The molecule has 0 bridgehead atoms. The van der Waals surface area contributed by atoms with Crippen molar-refractivity contribution in [3.63, 3.8) is 0 Å². The maximum absolute atomic E-state index is 12.3. The number of aliphatic carboxylic acids is 1. The Morgan fingerprint density at radius 3 is 2.78 bits per heavy atom. The molecule has 0 saturated carbocycles. The van der Waals surface area contributed by atoms with Gasteiger partial charge in [0, 0.05) is 25.2 Å². The summed E-state index contributed by atoms with van der Waals surface area (Å²) in [6.45, 7) is -0.815. The molecule has 0 unspecified atom stereocenters. The van der Waals surface area contributed by atoms with E-state index in [0.29, 0.717) is 13.1 Å². The van der Waals surface area contributed by atoms with Crippen molar-refractivity contribution in [3.05, 3.63) is 29.8 Å². The average molecular weight is 332 g/mol. The number of carboxylic acid groups (broad SMARTS) is 1. The van der Waals surface area contributed by atoms with Gasteiger partial charge in [-0.05, 0) is 18.2 Å². The van der Waals surface area contributed by atoms with E-state index in [-0.39, 0.29) is 17.9 Å². The number of carboxylic acids is 1. The Kier molecular flexibility index (Phi) is 5.09. The zero-order valence-corrected chi connectivity index (χ0v) is 12.0. The minimum atomic E-state index is -4.47. The number of piperazine rings is 1. The predicted molar refractivity (Wildman–Crippen MR) is 73.3 cm³/mol. The van der Waals surface area contributed by atoms with Crippen molar-refractivity contribution < 1.29 is 32.6 Å². The van der Waals surface area contributed by atoms with E-state index in [1.54, 1.807) is 0 Å². The molecule has 0 spiro atoms. The highest BCUT2D eigenvalue weighted by Gasteiger charge is 2.30. The highest BCUT2D eigenvalue weighted by Crippen LogP contribution is 2.20. The Morgan fingerprint density at radius 2 is 2.13 bits per heavy atom. The van der Waals surface area contributed by atoms with Crippen LogP contribution in [0.5, 0.6) is 5.75 Å². The van der Waals surface area contributed by atoms with Gasteiger partial charge in [0.05, 0.1) is 0 Å². The van der Waals surface area contributed by atoms with E-state index >= 15 is 0 Å². The number of benzene rings is 1. The first-order valence-corrected chi connectivity index (χ1v) is 6.81. The molecule has 1 aliphatic heterocycles. The molecule has 1 aromatic carbocycles. The molecule has 0 aliphatic carbocycles. The fourth-order valence-corrected chi connectivity index (χ4v) is 2.17. The molecule has 126 valence electrons. The molecule has 1 amide bonds. The lowest BCUT2D eigenvalue weighted by Gasteiger charge is -2.31. The van der Waals surface area contributed by atoms with Crippen LogP contribution in [0.3, 0.4) is 0 Å². The van der Waals surface area contributed by atoms with Crippen LogP contribution in [-0.4, -0.2) is 60.3 Å². The van der Waals surface area contributed by atoms with Gasteiger partial charge in [0.15, 0.2) is 6.61 Å². The van der Waals surface area contributed by atoms with Gasteiger partial charge in [0.1, 0.15) is 11.8 Å². The monoisotopic (exact) mass is 332 g/mol. The molecule has 9 heteroatoms. The lowest BCUT2D eigenvalue weighted by molar-refractivity contribution is -0.153. The largest absolute Gasteiger partial charge is 0.484 e. The second-order valence-electron chi connectivity index (χ2n) is 5.03. The van der Waals surface area contributed by atoms with Crippen LogP contribution < -0.4 is 10.1 Å². The summed E-state index contributed by atoms with van der Waals surface area (Å²) < 4.78 is 41.0. The quantitative estimate of drug-likeness (QED) is 0.864. The zero-order chi connectivity index (χ0) is 17.0. The fourth-order valence-electron chi connectivity index (χ4n) is 2.17. The van der Waals surface area contributed by atoms with Crippen molar-refractivity contribution in [2.24, 2.45) is 0 Å². The first kappa shape index (κ1) is 17.1. The van der Waals surface area contributed by atoms with E-state index in [0.717, 1.165) is 0 Å². The summed E-state index contributed by atoms with van der Waals surface area (Å²) in [5, 5.41) is 11.7. The molecule has 1 heterocycles. The molecule has 2 N–H and O–H groups in total. The third kappa shape index (κ3) is 4.85. The Morgan fingerprint density at radius 1 is 1.39 bits per heavy atom. The van der Waals surface area contributed by atoms with E-state index in [1.807, 2.05) is 0 Å². The second kappa shape index (κ2) is 6.86. The molecule has 2 rings (SSSR count). The molecule has 0 aromatic heterocycles. The van der Waals surface area contributed by atoms with Crippen molar-refractivity contribution in [1.82, 2.24) is 10.2 Å². The summed E-state index contributed by atoms with van der Waals surface area (Å²) in [6, 6.07) is 4.53. The Hall–Kier alpha value is -2.29. The van der Waals surface area contributed by atoms with Crippen molar-refractivity contribution in [2.45, 2.75) is 12.2 Å². The number of alkyl halides is 3. The molecule has 1 saturated heterocycles. The van der Waals surface area contributed by atoms with Gasteiger partial charge < -0.3 is 20.1 Å². The van der Waals surface area contributed by atoms with Crippen molar-refractivity contribution >= 4 is 11.9 Å². The van der Waals surface area contributed by atoms with Crippen molar-refractivity contribution in [2.75, 3.05) is 26.2 Å². The zero-order valence-electron chi connectivity index (χ0n) is 12.0. The van der Waals surface area contributed by atoms with Crippen LogP contribution in [0, 0.1) is 0 Å². The first-order valence-electron chi connectivity index (χ1n) is 6.81. The second-order valence-corrected chi connectivity index (χ2v) is 5.03. The number of rotatable bonds is 4. The number of hydrogen-bond donors (Lipinski definition) is 2. The molecule has 0 radical (unpaired) electrons. The average Bonchev–Trinajstić information content (AvgIpc) is 2.52. The number of amides is 1. The van der Waals surface area contributed by atoms with E-state index in [9.17, 15) is 22.8 Å². The van der Waals surface area contributed by atoms with Gasteiger partial charge in [-0.2, -0.15) is 13.2 Å². The molecular weight excluding hydrogens is 317 g/mol. The lowest BCUT2D eigenvalue weighted by Crippen LogP contribution is -2.55. The summed E-state index contributed by atoms with van der Waals surface area (Å²) in [5.41, 5.74) is 0.149. The number of carbonyl (C=O) groups is 2. The predicted octanol–water partition coefficient (Wildman–Crippen LogP) is 1.13. The maximum atomic E-state index is 12.3. The van der Waals surface area contributed by atoms with Crippen LogP contribution >= 0.6 is 0 Å². The number of carbonyl (C=O) groups excluding carboxylic acids is 1. The third-order valence-electron chi connectivity index (χ3n) is 3.24. The molecule has 1 fully saturated rings. The highest BCUT2D eigenvalue weighted by atomic mass is 19.4. The Bertz CT molecular complexity index is 592. The van der Waals surface area contributed by atoms with Gasteiger partial charge in [-0.1, -0.05) is 6.07 Å². The van der Waals surface area contributed by atoms with Crippen LogP contribution in [0.1, 0.15) is 10.4 Å². The number of hydrogen-bond acceptors (Lipinski definition) is 4. The van der Waals surface area contributed by atoms with Crippen LogP contribution in [0.25, 0.3) is 0 Å². The normalized spacial score (nSPS) is 18.6. The van der Waals surface area contributed by atoms with Gasteiger partial charge in [0.2, 0.25) is 0 Å². The highest BCUT2D eigenvalue weighted by molar-refractivity contribution is 5.95.